The normalized spacial score (nSPS) is 21.8. The van der Waals surface area contributed by atoms with Crippen LogP contribution in [0.15, 0.2) is 52.5 Å². The van der Waals surface area contributed by atoms with Crippen molar-refractivity contribution < 1.29 is 9.59 Å². The summed E-state index contributed by atoms with van der Waals surface area (Å²) in [5.74, 6) is 0.469. The summed E-state index contributed by atoms with van der Waals surface area (Å²) < 4.78 is 0. The number of benzene rings is 1. The van der Waals surface area contributed by atoms with Gasteiger partial charge in [-0.3, -0.25) is 14.5 Å². The average Bonchev–Trinajstić information content (AvgIpc) is 2.79. The van der Waals surface area contributed by atoms with Gasteiger partial charge >= 0.3 is 0 Å². The number of anilines is 1. The van der Waals surface area contributed by atoms with E-state index < -0.39 is 0 Å². The van der Waals surface area contributed by atoms with Gasteiger partial charge in [-0.15, -0.1) is 0 Å². The molecule has 1 aromatic heterocycles. The fourth-order valence-corrected chi connectivity index (χ4v) is 4.75. The van der Waals surface area contributed by atoms with E-state index >= 15 is 0 Å². The first-order valence-corrected chi connectivity index (χ1v) is 10.3. The molecule has 2 aromatic rings. The highest BCUT2D eigenvalue weighted by atomic mass is 32.2. The molecule has 6 heteroatoms. The van der Waals surface area contributed by atoms with E-state index in [4.69, 9.17) is 0 Å². The van der Waals surface area contributed by atoms with Crippen LogP contribution in [0, 0.1) is 5.92 Å². The van der Waals surface area contributed by atoms with Gasteiger partial charge < -0.3 is 5.32 Å². The van der Waals surface area contributed by atoms with Crippen molar-refractivity contribution in [3.63, 3.8) is 0 Å². The molecule has 1 aliphatic heterocycles. The lowest BCUT2D eigenvalue weighted by atomic mass is 9.87. The van der Waals surface area contributed by atoms with Crippen LogP contribution in [0.3, 0.4) is 0 Å². The standard InChI is InChI=1S/C21H23N3O2S/c1-14-8-10-15(11-9-14)23-19(25)13-24-17-6-4-12-22-20(17)27-18-7-3-2-5-16(18)21(24)26/h2-7,12,14-15H,8-11,13H2,1H3,(H,23,25). The van der Waals surface area contributed by atoms with Gasteiger partial charge in [-0.1, -0.05) is 30.8 Å². The third kappa shape index (κ3) is 3.86. The Morgan fingerprint density at radius 1 is 1.19 bits per heavy atom. The van der Waals surface area contributed by atoms with Crippen LogP contribution in [0.1, 0.15) is 43.0 Å². The lowest BCUT2D eigenvalue weighted by Gasteiger charge is -2.28. The number of nitrogens with zero attached hydrogens (tertiary/aromatic N) is 2. The molecule has 1 aromatic carbocycles. The lowest BCUT2D eigenvalue weighted by Crippen LogP contribution is -2.45. The Bertz CT molecular complexity index is 862. The summed E-state index contributed by atoms with van der Waals surface area (Å²) in [5, 5.41) is 3.87. The summed E-state index contributed by atoms with van der Waals surface area (Å²) >= 11 is 1.47. The summed E-state index contributed by atoms with van der Waals surface area (Å²) in [6.45, 7) is 2.27. The van der Waals surface area contributed by atoms with Crippen molar-refractivity contribution in [1.29, 1.82) is 0 Å². The number of rotatable bonds is 3. The highest BCUT2D eigenvalue weighted by Gasteiger charge is 2.30. The molecule has 27 heavy (non-hydrogen) atoms. The maximum absolute atomic E-state index is 13.2. The van der Waals surface area contributed by atoms with Gasteiger partial charge in [0.15, 0.2) is 0 Å². The average molecular weight is 382 g/mol. The van der Waals surface area contributed by atoms with Gasteiger partial charge in [0.05, 0.1) is 11.3 Å². The maximum atomic E-state index is 13.2. The lowest BCUT2D eigenvalue weighted by molar-refractivity contribution is -0.120. The van der Waals surface area contributed by atoms with Crippen LogP contribution in [0.2, 0.25) is 0 Å². The predicted octanol–water partition coefficient (Wildman–Crippen LogP) is 3.89. The third-order valence-corrected chi connectivity index (χ3v) is 6.38. The van der Waals surface area contributed by atoms with Gasteiger partial charge in [0.2, 0.25) is 5.91 Å². The quantitative estimate of drug-likeness (QED) is 0.876. The van der Waals surface area contributed by atoms with Crippen LogP contribution in [0.25, 0.3) is 0 Å². The molecule has 2 amide bonds. The Balaban J connectivity index is 1.57. The monoisotopic (exact) mass is 381 g/mol. The molecular formula is C21H23N3O2S. The number of fused-ring (bicyclic) bond motifs is 2. The van der Waals surface area contributed by atoms with E-state index in [2.05, 4.69) is 17.2 Å². The molecule has 140 valence electrons. The smallest absolute Gasteiger partial charge is 0.259 e. The summed E-state index contributed by atoms with van der Waals surface area (Å²) in [5.41, 5.74) is 1.30. The van der Waals surface area contributed by atoms with Crippen LogP contribution in [-0.2, 0) is 4.79 Å². The van der Waals surface area contributed by atoms with Crippen molar-refractivity contribution >= 4 is 29.3 Å². The first kappa shape index (κ1) is 18.0. The third-order valence-electron chi connectivity index (χ3n) is 5.29. The zero-order valence-electron chi connectivity index (χ0n) is 15.4. The highest BCUT2D eigenvalue weighted by molar-refractivity contribution is 7.99. The molecule has 2 heterocycles. The van der Waals surface area contributed by atoms with E-state index in [1.807, 2.05) is 30.3 Å². The Kier molecular flexibility index (Phi) is 5.16. The van der Waals surface area contributed by atoms with Crippen molar-refractivity contribution in [1.82, 2.24) is 10.3 Å². The van der Waals surface area contributed by atoms with Crippen LogP contribution in [-0.4, -0.2) is 29.4 Å². The molecule has 2 aliphatic rings. The number of nitrogens with one attached hydrogen (secondary N) is 1. The Labute approximate surface area is 163 Å². The molecule has 5 nitrogen and oxygen atoms in total. The van der Waals surface area contributed by atoms with Crippen molar-refractivity contribution in [2.24, 2.45) is 5.92 Å². The number of carbonyl (C=O) groups is 2. The molecule has 1 aliphatic carbocycles. The van der Waals surface area contributed by atoms with E-state index in [0.29, 0.717) is 11.3 Å². The van der Waals surface area contributed by atoms with Gasteiger partial charge in [-0.2, -0.15) is 0 Å². The zero-order valence-corrected chi connectivity index (χ0v) is 16.2. The van der Waals surface area contributed by atoms with Gasteiger partial charge in [-0.25, -0.2) is 4.98 Å². The van der Waals surface area contributed by atoms with Crippen molar-refractivity contribution in [2.75, 3.05) is 11.4 Å². The minimum atomic E-state index is -0.155. The minimum Gasteiger partial charge on any atom is -0.352 e. The molecule has 0 saturated heterocycles. The summed E-state index contributed by atoms with van der Waals surface area (Å²) in [6, 6.07) is 11.4. The van der Waals surface area contributed by atoms with Gasteiger partial charge in [0.1, 0.15) is 11.6 Å². The second-order valence-corrected chi connectivity index (χ2v) is 8.37. The second kappa shape index (κ2) is 7.72. The van der Waals surface area contributed by atoms with E-state index in [-0.39, 0.29) is 24.4 Å². The molecule has 0 bridgehead atoms. The summed E-state index contributed by atoms with van der Waals surface area (Å²) in [4.78, 5) is 32.7. The van der Waals surface area contributed by atoms with Gasteiger partial charge in [0, 0.05) is 17.1 Å². The molecule has 0 radical (unpaired) electrons. The van der Waals surface area contributed by atoms with E-state index in [1.54, 1.807) is 17.2 Å². The fraction of sp³-hybridized carbons (Fsp3) is 0.381. The number of hydrogen-bond acceptors (Lipinski definition) is 4. The molecular weight excluding hydrogens is 358 g/mol. The largest absolute Gasteiger partial charge is 0.352 e. The Morgan fingerprint density at radius 3 is 2.78 bits per heavy atom. The van der Waals surface area contributed by atoms with Gasteiger partial charge in [0.25, 0.3) is 5.91 Å². The number of amides is 2. The Morgan fingerprint density at radius 2 is 1.96 bits per heavy atom. The van der Waals surface area contributed by atoms with Crippen LogP contribution < -0.4 is 10.2 Å². The molecule has 1 saturated carbocycles. The molecule has 1 N–H and O–H groups in total. The van der Waals surface area contributed by atoms with E-state index in [0.717, 1.165) is 41.5 Å². The van der Waals surface area contributed by atoms with Gasteiger partial charge in [-0.05, 0) is 55.9 Å². The minimum absolute atomic E-state index is 0.0124. The molecule has 0 unspecified atom stereocenters. The van der Waals surface area contributed by atoms with E-state index in [1.165, 1.54) is 11.8 Å². The zero-order chi connectivity index (χ0) is 18.8. The highest BCUT2D eigenvalue weighted by Crippen LogP contribution is 2.39. The first-order valence-electron chi connectivity index (χ1n) is 9.45. The number of pyridine rings is 1. The SMILES string of the molecule is CC1CCC(NC(=O)CN2C(=O)c3ccccc3Sc3ncccc32)CC1. The first-order chi connectivity index (χ1) is 13.1. The summed E-state index contributed by atoms with van der Waals surface area (Å²) in [6.07, 6.45) is 6.02. The molecule has 0 spiro atoms. The predicted molar refractivity (Wildman–Crippen MR) is 106 cm³/mol. The van der Waals surface area contributed by atoms with E-state index in [9.17, 15) is 9.59 Å². The van der Waals surface area contributed by atoms with Crippen LogP contribution in [0.5, 0.6) is 0 Å². The van der Waals surface area contributed by atoms with Crippen molar-refractivity contribution in [3.05, 3.63) is 48.2 Å². The number of carbonyl (C=O) groups excluding carboxylic acids is 2. The van der Waals surface area contributed by atoms with Crippen LogP contribution >= 0.6 is 11.8 Å². The number of aromatic nitrogens is 1. The number of hydrogen-bond donors (Lipinski definition) is 1. The topological polar surface area (TPSA) is 62.3 Å². The van der Waals surface area contributed by atoms with Crippen molar-refractivity contribution in [2.45, 2.75) is 48.6 Å². The Hall–Kier alpha value is -2.34. The fourth-order valence-electron chi connectivity index (χ4n) is 3.74. The van der Waals surface area contributed by atoms with Crippen LogP contribution in [0.4, 0.5) is 5.69 Å². The molecule has 4 rings (SSSR count). The summed E-state index contributed by atoms with van der Waals surface area (Å²) in [7, 11) is 0. The second-order valence-electron chi connectivity index (χ2n) is 7.34. The molecule has 0 atom stereocenters. The molecule has 1 fully saturated rings. The maximum Gasteiger partial charge on any atom is 0.259 e. The van der Waals surface area contributed by atoms with Crippen molar-refractivity contribution in [3.8, 4) is 0 Å².